The SMILES string of the molecule is COC(=O)c1cc2ccsc2n1CC(=O)Nc1ccc(C)c(Cl)c1. The minimum atomic E-state index is -0.468. The standard InChI is InChI=1S/C17H15ClN2O3S/c1-10-3-4-12(8-13(10)18)19-15(21)9-20-14(17(22)23-2)7-11-5-6-24-16(11)20/h3-8H,9H2,1-2H3,(H,19,21). The van der Waals surface area contributed by atoms with E-state index in [4.69, 9.17) is 16.3 Å². The van der Waals surface area contributed by atoms with Gasteiger partial charge >= 0.3 is 5.97 Å². The van der Waals surface area contributed by atoms with Crippen LogP contribution < -0.4 is 5.32 Å². The van der Waals surface area contributed by atoms with Crippen LogP contribution in [-0.4, -0.2) is 23.6 Å². The van der Waals surface area contributed by atoms with Gasteiger partial charge in [-0.1, -0.05) is 17.7 Å². The lowest BCUT2D eigenvalue weighted by Crippen LogP contribution is -2.21. The van der Waals surface area contributed by atoms with E-state index in [9.17, 15) is 9.59 Å². The van der Waals surface area contributed by atoms with E-state index in [1.54, 1.807) is 22.8 Å². The van der Waals surface area contributed by atoms with Gasteiger partial charge in [-0.2, -0.15) is 0 Å². The van der Waals surface area contributed by atoms with E-state index >= 15 is 0 Å². The summed E-state index contributed by atoms with van der Waals surface area (Å²) in [6.45, 7) is 1.91. The van der Waals surface area contributed by atoms with Crippen molar-refractivity contribution < 1.29 is 14.3 Å². The average Bonchev–Trinajstić information content (AvgIpc) is 3.13. The Hall–Kier alpha value is -2.31. The number of nitrogens with one attached hydrogen (secondary N) is 1. The number of esters is 1. The highest BCUT2D eigenvalue weighted by Crippen LogP contribution is 2.26. The van der Waals surface area contributed by atoms with Gasteiger partial charge in [0.05, 0.1) is 7.11 Å². The molecule has 7 heteroatoms. The van der Waals surface area contributed by atoms with Crippen LogP contribution in [-0.2, 0) is 16.1 Å². The topological polar surface area (TPSA) is 60.3 Å². The molecule has 3 rings (SSSR count). The molecule has 0 bridgehead atoms. The van der Waals surface area contributed by atoms with Crippen molar-refractivity contribution >= 4 is 50.7 Å². The number of methoxy groups -OCH3 is 1. The lowest BCUT2D eigenvalue weighted by atomic mass is 10.2. The van der Waals surface area contributed by atoms with Crippen molar-refractivity contribution in [3.63, 3.8) is 0 Å². The van der Waals surface area contributed by atoms with Gasteiger partial charge in [-0.05, 0) is 42.1 Å². The summed E-state index contributed by atoms with van der Waals surface area (Å²) in [4.78, 5) is 25.2. The molecule has 2 heterocycles. The molecule has 0 saturated carbocycles. The lowest BCUT2D eigenvalue weighted by molar-refractivity contribution is -0.116. The highest BCUT2D eigenvalue weighted by molar-refractivity contribution is 7.16. The minimum Gasteiger partial charge on any atom is -0.464 e. The summed E-state index contributed by atoms with van der Waals surface area (Å²) in [5.74, 6) is -0.712. The molecule has 0 spiro atoms. The molecule has 0 aliphatic heterocycles. The molecule has 2 aromatic heterocycles. The Balaban J connectivity index is 1.85. The van der Waals surface area contributed by atoms with Crippen LogP contribution in [0.4, 0.5) is 5.69 Å². The Kier molecular flexibility index (Phi) is 4.59. The van der Waals surface area contributed by atoms with Crippen molar-refractivity contribution in [3.05, 3.63) is 52.0 Å². The minimum absolute atomic E-state index is 0.0138. The number of thiophene rings is 1. The number of hydrogen-bond donors (Lipinski definition) is 1. The number of anilines is 1. The number of rotatable bonds is 4. The summed E-state index contributed by atoms with van der Waals surface area (Å²) in [6.07, 6.45) is 0. The molecule has 0 radical (unpaired) electrons. The molecule has 0 saturated heterocycles. The molecule has 124 valence electrons. The first-order valence-electron chi connectivity index (χ1n) is 7.20. The summed E-state index contributed by atoms with van der Waals surface area (Å²) >= 11 is 7.54. The number of nitrogens with zero attached hydrogens (tertiary/aromatic N) is 1. The maximum atomic E-state index is 12.4. The summed E-state index contributed by atoms with van der Waals surface area (Å²) in [6, 6.07) is 8.96. The summed E-state index contributed by atoms with van der Waals surface area (Å²) in [5, 5.41) is 6.21. The van der Waals surface area contributed by atoms with Crippen LogP contribution in [0.3, 0.4) is 0 Å². The quantitative estimate of drug-likeness (QED) is 0.711. The third-order valence-electron chi connectivity index (χ3n) is 3.65. The highest BCUT2D eigenvalue weighted by atomic mass is 35.5. The van der Waals surface area contributed by atoms with Crippen LogP contribution in [0.5, 0.6) is 0 Å². The largest absolute Gasteiger partial charge is 0.464 e. The van der Waals surface area contributed by atoms with Gasteiger partial charge < -0.3 is 14.6 Å². The van der Waals surface area contributed by atoms with Crippen molar-refractivity contribution in [2.45, 2.75) is 13.5 Å². The maximum Gasteiger partial charge on any atom is 0.354 e. The molecule has 0 aliphatic carbocycles. The number of carbonyl (C=O) groups excluding carboxylic acids is 2. The van der Waals surface area contributed by atoms with E-state index in [2.05, 4.69) is 5.32 Å². The fraction of sp³-hybridized carbons (Fsp3) is 0.176. The number of ether oxygens (including phenoxy) is 1. The predicted octanol–water partition coefficient (Wildman–Crippen LogP) is 4.09. The second kappa shape index (κ2) is 6.67. The summed E-state index contributed by atoms with van der Waals surface area (Å²) in [7, 11) is 1.32. The molecular weight excluding hydrogens is 348 g/mol. The third kappa shape index (κ3) is 3.16. The smallest absolute Gasteiger partial charge is 0.354 e. The Morgan fingerprint density at radius 2 is 2.08 bits per heavy atom. The van der Waals surface area contributed by atoms with Crippen molar-refractivity contribution in [3.8, 4) is 0 Å². The fourth-order valence-corrected chi connectivity index (χ4v) is 3.50. The van der Waals surface area contributed by atoms with Crippen LogP contribution in [0, 0.1) is 6.92 Å². The van der Waals surface area contributed by atoms with E-state index in [1.807, 2.05) is 24.4 Å². The number of hydrogen-bond acceptors (Lipinski definition) is 4. The van der Waals surface area contributed by atoms with E-state index < -0.39 is 5.97 Å². The molecule has 0 fully saturated rings. The first-order chi connectivity index (χ1) is 11.5. The molecule has 24 heavy (non-hydrogen) atoms. The maximum absolute atomic E-state index is 12.4. The number of fused-ring (bicyclic) bond motifs is 1. The highest BCUT2D eigenvalue weighted by Gasteiger charge is 2.19. The molecule has 5 nitrogen and oxygen atoms in total. The van der Waals surface area contributed by atoms with E-state index in [0.717, 1.165) is 15.8 Å². The molecular formula is C17H15ClN2O3S. The molecule has 0 unspecified atom stereocenters. The van der Waals surface area contributed by atoms with Crippen LogP contribution in [0.2, 0.25) is 5.02 Å². The second-order valence-corrected chi connectivity index (χ2v) is 6.60. The molecule has 0 atom stereocenters. The van der Waals surface area contributed by atoms with Crippen LogP contribution in [0.15, 0.2) is 35.7 Å². The number of amides is 1. The number of aryl methyl sites for hydroxylation is 1. The van der Waals surface area contributed by atoms with E-state index in [-0.39, 0.29) is 12.5 Å². The average molecular weight is 363 g/mol. The van der Waals surface area contributed by atoms with Gasteiger partial charge in [-0.3, -0.25) is 4.79 Å². The van der Waals surface area contributed by atoms with Gasteiger partial charge in [0.1, 0.15) is 17.1 Å². The van der Waals surface area contributed by atoms with Gasteiger partial charge in [0.15, 0.2) is 0 Å². The zero-order valence-electron chi connectivity index (χ0n) is 13.1. The Labute approximate surface area is 147 Å². The van der Waals surface area contributed by atoms with Gasteiger partial charge in [0, 0.05) is 16.1 Å². The van der Waals surface area contributed by atoms with Crippen molar-refractivity contribution in [1.29, 1.82) is 0 Å². The zero-order chi connectivity index (χ0) is 17.3. The summed E-state index contributed by atoms with van der Waals surface area (Å²) in [5.41, 5.74) is 1.91. The Morgan fingerprint density at radius 3 is 2.79 bits per heavy atom. The zero-order valence-corrected chi connectivity index (χ0v) is 14.7. The van der Waals surface area contributed by atoms with Crippen molar-refractivity contribution in [1.82, 2.24) is 4.57 Å². The van der Waals surface area contributed by atoms with Crippen molar-refractivity contribution in [2.24, 2.45) is 0 Å². The van der Waals surface area contributed by atoms with E-state index in [0.29, 0.717) is 16.4 Å². The van der Waals surface area contributed by atoms with Gasteiger partial charge in [0.25, 0.3) is 0 Å². The molecule has 1 aromatic carbocycles. The normalized spacial score (nSPS) is 10.8. The monoisotopic (exact) mass is 362 g/mol. The number of halogens is 1. The van der Waals surface area contributed by atoms with Crippen LogP contribution in [0.1, 0.15) is 16.1 Å². The molecule has 3 aromatic rings. The van der Waals surface area contributed by atoms with Gasteiger partial charge in [0.2, 0.25) is 5.91 Å². The summed E-state index contributed by atoms with van der Waals surface area (Å²) < 4.78 is 6.46. The number of aromatic nitrogens is 1. The van der Waals surface area contributed by atoms with Gasteiger partial charge in [-0.15, -0.1) is 11.3 Å². The van der Waals surface area contributed by atoms with Gasteiger partial charge in [-0.25, -0.2) is 4.79 Å². The van der Waals surface area contributed by atoms with Crippen molar-refractivity contribution in [2.75, 3.05) is 12.4 Å². The Morgan fingerprint density at radius 1 is 1.29 bits per heavy atom. The third-order valence-corrected chi connectivity index (χ3v) is 5.01. The number of benzene rings is 1. The lowest BCUT2D eigenvalue weighted by Gasteiger charge is -2.10. The Bertz CT molecular complexity index is 929. The second-order valence-electron chi connectivity index (χ2n) is 5.30. The molecule has 0 aliphatic rings. The first kappa shape index (κ1) is 16.5. The predicted molar refractivity (Wildman–Crippen MR) is 96.0 cm³/mol. The molecule has 1 amide bonds. The van der Waals surface area contributed by atoms with Crippen LogP contribution in [0.25, 0.3) is 10.2 Å². The number of carbonyl (C=O) groups is 2. The van der Waals surface area contributed by atoms with Crippen LogP contribution >= 0.6 is 22.9 Å². The first-order valence-corrected chi connectivity index (χ1v) is 8.46. The molecule has 1 N–H and O–H groups in total. The van der Waals surface area contributed by atoms with E-state index in [1.165, 1.54) is 18.4 Å². The fourth-order valence-electron chi connectivity index (χ4n) is 2.42.